The molecule has 1 aliphatic heterocycles. The van der Waals surface area contributed by atoms with E-state index in [-0.39, 0.29) is 6.61 Å². The van der Waals surface area contributed by atoms with E-state index in [2.05, 4.69) is 33.5 Å². The topological polar surface area (TPSA) is 69.0 Å². The van der Waals surface area contributed by atoms with Crippen molar-refractivity contribution in [2.45, 2.75) is 51.3 Å². The maximum atomic E-state index is 11.2. The second kappa shape index (κ2) is 12.9. The monoisotopic (exact) mass is 547 g/mol. The molecule has 200 valence electrons. The number of benzene rings is 2. The molecule has 3 aromatic rings. The average Bonchev–Trinajstić information content (AvgIpc) is 3.27. The van der Waals surface area contributed by atoms with Gasteiger partial charge in [-0.15, -0.1) is 0 Å². The third kappa shape index (κ3) is 7.54. The minimum Gasteiger partial charge on any atom is -0.493 e. The summed E-state index contributed by atoms with van der Waals surface area (Å²) in [6.45, 7) is 6.01. The molecule has 0 saturated carbocycles. The molecule has 4 rings (SSSR count). The van der Waals surface area contributed by atoms with Gasteiger partial charge in [-0.1, -0.05) is 36.2 Å². The molecule has 1 aromatic heterocycles. The minimum absolute atomic E-state index is 0.218. The van der Waals surface area contributed by atoms with Crippen LogP contribution in [-0.2, 0) is 19.5 Å². The minimum atomic E-state index is -0.889. The summed E-state index contributed by atoms with van der Waals surface area (Å²) in [7, 11) is 1.66. The standard InChI is InChI=1S/C28H35Cl2N3O4/c1-3-27-31-11-14-33(27)15-16-36-26-17-21(5-8-25(26)35-2)19-32-12-4-9-28(34,10-13-32)20-37-22-6-7-23(29)24(30)18-22/h5-8,11,14,17-18,34H,3-4,9-10,12-13,15-16,19-20H2,1-2H3/t28-/m0/s1. The van der Waals surface area contributed by atoms with Crippen molar-refractivity contribution in [3.8, 4) is 17.2 Å². The van der Waals surface area contributed by atoms with Gasteiger partial charge in [-0.3, -0.25) is 4.90 Å². The van der Waals surface area contributed by atoms with Crippen LogP contribution in [0.15, 0.2) is 48.8 Å². The van der Waals surface area contributed by atoms with E-state index in [4.69, 9.17) is 37.4 Å². The van der Waals surface area contributed by atoms with E-state index in [1.807, 2.05) is 18.5 Å². The van der Waals surface area contributed by atoms with E-state index in [1.165, 1.54) is 0 Å². The molecule has 1 aliphatic rings. The van der Waals surface area contributed by atoms with Crippen LogP contribution in [0, 0.1) is 0 Å². The molecule has 1 atom stereocenters. The zero-order chi connectivity index (χ0) is 26.3. The first-order valence-corrected chi connectivity index (χ1v) is 13.5. The highest BCUT2D eigenvalue weighted by Crippen LogP contribution is 2.31. The Morgan fingerprint density at radius 2 is 1.89 bits per heavy atom. The summed E-state index contributed by atoms with van der Waals surface area (Å²) in [5, 5.41) is 12.1. The van der Waals surface area contributed by atoms with E-state index in [9.17, 15) is 5.11 Å². The van der Waals surface area contributed by atoms with Crippen molar-refractivity contribution in [1.82, 2.24) is 14.5 Å². The Morgan fingerprint density at radius 1 is 1.03 bits per heavy atom. The highest BCUT2D eigenvalue weighted by atomic mass is 35.5. The lowest BCUT2D eigenvalue weighted by molar-refractivity contribution is -0.0168. The third-order valence-electron chi connectivity index (χ3n) is 6.75. The van der Waals surface area contributed by atoms with Crippen LogP contribution in [0.4, 0.5) is 0 Å². The number of imidazole rings is 1. The lowest BCUT2D eigenvalue weighted by Gasteiger charge is -2.27. The number of hydrogen-bond donors (Lipinski definition) is 1. The van der Waals surface area contributed by atoms with Crippen molar-refractivity contribution in [3.05, 3.63) is 70.2 Å². The fourth-order valence-corrected chi connectivity index (χ4v) is 4.91. The van der Waals surface area contributed by atoms with Gasteiger partial charge in [0.15, 0.2) is 11.5 Å². The lowest BCUT2D eigenvalue weighted by Crippen LogP contribution is -2.37. The smallest absolute Gasteiger partial charge is 0.161 e. The zero-order valence-electron chi connectivity index (χ0n) is 21.5. The Bertz CT molecular complexity index is 1170. The molecule has 37 heavy (non-hydrogen) atoms. The van der Waals surface area contributed by atoms with Crippen LogP contribution in [0.25, 0.3) is 0 Å². The maximum Gasteiger partial charge on any atom is 0.161 e. The average molecular weight is 549 g/mol. The van der Waals surface area contributed by atoms with Crippen LogP contribution >= 0.6 is 23.2 Å². The largest absolute Gasteiger partial charge is 0.493 e. The number of aromatic nitrogens is 2. The van der Waals surface area contributed by atoms with Gasteiger partial charge in [0, 0.05) is 38.0 Å². The number of ether oxygens (including phenoxy) is 3. The summed E-state index contributed by atoms with van der Waals surface area (Å²) in [5.41, 5.74) is 0.254. The number of rotatable bonds is 11. The molecule has 2 heterocycles. The first-order valence-electron chi connectivity index (χ1n) is 12.7. The SMILES string of the molecule is CCc1nccn1CCOc1cc(CN2CCC[C@@](O)(COc3ccc(Cl)c(Cl)c3)CC2)ccc1OC. The Labute approximate surface area is 228 Å². The predicted octanol–water partition coefficient (Wildman–Crippen LogP) is 5.64. The van der Waals surface area contributed by atoms with E-state index < -0.39 is 5.60 Å². The van der Waals surface area contributed by atoms with Crippen LogP contribution < -0.4 is 14.2 Å². The van der Waals surface area contributed by atoms with Crippen molar-refractivity contribution in [3.63, 3.8) is 0 Å². The van der Waals surface area contributed by atoms with Gasteiger partial charge in [0.2, 0.25) is 0 Å². The lowest BCUT2D eigenvalue weighted by atomic mass is 9.96. The molecule has 0 radical (unpaired) electrons. The van der Waals surface area contributed by atoms with Gasteiger partial charge in [-0.2, -0.15) is 0 Å². The normalized spacial score (nSPS) is 18.4. The van der Waals surface area contributed by atoms with Crippen molar-refractivity contribution >= 4 is 23.2 Å². The zero-order valence-corrected chi connectivity index (χ0v) is 23.0. The predicted molar refractivity (Wildman–Crippen MR) is 146 cm³/mol. The highest BCUT2D eigenvalue weighted by Gasteiger charge is 2.31. The molecule has 7 nitrogen and oxygen atoms in total. The number of aliphatic hydroxyl groups is 1. The maximum absolute atomic E-state index is 11.2. The van der Waals surface area contributed by atoms with Gasteiger partial charge in [0.1, 0.15) is 24.8 Å². The van der Waals surface area contributed by atoms with Crippen LogP contribution in [0.2, 0.25) is 10.0 Å². The third-order valence-corrected chi connectivity index (χ3v) is 7.49. The van der Waals surface area contributed by atoms with E-state index in [0.717, 1.165) is 61.9 Å². The summed E-state index contributed by atoms with van der Waals surface area (Å²) in [6, 6.07) is 11.2. The molecule has 0 unspecified atom stereocenters. The van der Waals surface area contributed by atoms with E-state index in [0.29, 0.717) is 35.2 Å². The summed E-state index contributed by atoms with van der Waals surface area (Å²) in [6.07, 6.45) is 6.87. The Hall–Kier alpha value is -2.45. The van der Waals surface area contributed by atoms with Gasteiger partial charge in [0.25, 0.3) is 0 Å². The van der Waals surface area contributed by atoms with Crippen LogP contribution in [0.5, 0.6) is 17.2 Å². The fraction of sp³-hybridized carbons (Fsp3) is 0.464. The summed E-state index contributed by atoms with van der Waals surface area (Å²) >= 11 is 12.1. The molecular weight excluding hydrogens is 513 g/mol. The number of nitrogens with zero attached hydrogens (tertiary/aromatic N) is 3. The van der Waals surface area contributed by atoms with Gasteiger partial charge in [-0.05, 0) is 55.6 Å². The molecule has 1 saturated heterocycles. The van der Waals surface area contributed by atoms with Crippen LogP contribution in [0.1, 0.15) is 37.6 Å². The first-order chi connectivity index (χ1) is 17.9. The fourth-order valence-electron chi connectivity index (χ4n) is 4.62. The summed E-state index contributed by atoms with van der Waals surface area (Å²) in [5.74, 6) is 3.11. The molecule has 2 aromatic carbocycles. The summed E-state index contributed by atoms with van der Waals surface area (Å²) < 4.78 is 19.6. The Kier molecular flexibility index (Phi) is 9.60. The van der Waals surface area contributed by atoms with Gasteiger partial charge in [0.05, 0.1) is 29.3 Å². The first kappa shape index (κ1) is 27.6. The molecule has 1 N–H and O–H groups in total. The molecular formula is C28H35Cl2N3O4. The van der Waals surface area contributed by atoms with Crippen LogP contribution in [0.3, 0.4) is 0 Å². The Morgan fingerprint density at radius 3 is 2.68 bits per heavy atom. The second-order valence-corrected chi connectivity index (χ2v) is 10.3. The van der Waals surface area contributed by atoms with Gasteiger partial charge >= 0.3 is 0 Å². The van der Waals surface area contributed by atoms with E-state index >= 15 is 0 Å². The molecule has 1 fully saturated rings. The number of likely N-dealkylation sites (tertiary alicyclic amines) is 1. The van der Waals surface area contributed by atoms with E-state index in [1.54, 1.807) is 25.3 Å². The molecule has 0 aliphatic carbocycles. The van der Waals surface area contributed by atoms with Crippen molar-refractivity contribution < 1.29 is 19.3 Å². The quantitative estimate of drug-likeness (QED) is 0.335. The highest BCUT2D eigenvalue weighted by molar-refractivity contribution is 6.42. The molecule has 9 heteroatoms. The number of aryl methyl sites for hydroxylation is 1. The molecule has 0 spiro atoms. The summed E-state index contributed by atoms with van der Waals surface area (Å²) in [4.78, 5) is 6.73. The Balaban J connectivity index is 1.31. The van der Waals surface area contributed by atoms with Crippen molar-refractivity contribution in [1.29, 1.82) is 0 Å². The number of methoxy groups -OCH3 is 1. The van der Waals surface area contributed by atoms with Gasteiger partial charge < -0.3 is 23.9 Å². The molecule has 0 bridgehead atoms. The molecule has 0 amide bonds. The van der Waals surface area contributed by atoms with Crippen LogP contribution in [-0.4, -0.2) is 58.6 Å². The number of halogens is 2. The second-order valence-electron chi connectivity index (χ2n) is 9.44. The van der Waals surface area contributed by atoms with Crippen molar-refractivity contribution in [2.24, 2.45) is 0 Å². The van der Waals surface area contributed by atoms with Crippen molar-refractivity contribution in [2.75, 3.05) is 33.4 Å². The van der Waals surface area contributed by atoms with Gasteiger partial charge in [-0.25, -0.2) is 4.98 Å². The number of hydrogen-bond acceptors (Lipinski definition) is 6.